The summed E-state index contributed by atoms with van der Waals surface area (Å²) >= 11 is 0. The average Bonchev–Trinajstić information content (AvgIpc) is 2.80. The number of rotatable bonds is 8. The van der Waals surface area contributed by atoms with E-state index in [2.05, 4.69) is 20.6 Å². The Morgan fingerprint density at radius 1 is 1.09 bits per heavy atom. The van der Waals surface area contributed by atoms with E-state index in [1.807, 2.05) is 4.72 Å². The molecule has 2 aromatic rings. The van der Waals surface area contributed by atoms with Gasteiger partial charge >= 0.3 is 6.03 Å². The fraction of sp³-hybridized carbons (Fsp3) is 0.429. The highest BCUT2D eigenvalue weighted by Crippen LogP contribution is 2.23. The highest BCUT2D eigenvalue weighted by molar-refractivity contribution is 7.90. The molecule has 3 amide bonds. The van der Waals surface area contributed by atoms with Crippen molar-refractivity contribution in [3.8, 4) is 0 Å². The van der Waals surface area contributed by atoms with E-state index in [1.54, 1.807) is 19.1 Å². The molecule has 1 aliphatic rings. The molecule has 0 radical (unpaired) electrons. The molecule has 1 fully saturated rings. The second-order valence-electron chi connectivity index (χ2n) is 7.82. The SMILES string of the molecule is Cc1cnc(C(=O)NCCc2ccc(S(=O)(=O)NC(=O)N(N=O)C3CCCCC3)cc2)cn1. The van der Waals surface area contributed by atoms with Crippen LogP contribution in [0.15, 0.2) is 46.8 Å². The molecule has 1 aliphatic carbocycles. The van der Waals surface area contributed by atoms with Gasteiger partial charge in [-0.05, 0) is 43.9 Å². The zero-order valence-corrected chi connectivity index (χ0v) is 19.0. The minimum atomic E-state index is -4.17. The number of hydrogen-bond acceptors (Lipinski definition) is 8. The van der Waals surface area contributed by atoms with Crippen molar-refractivity contribution >= 4 is 22.0 Å². The van der Waals surface area contributed by atoms with Crippen molar-refractivity contribution in [2.75, 3.05) is 6.54 Å². The number of aromatic nitrogens is 2. The summed E-state index contributed by atoms with van der Waals surface area (Å²) < 4.78 is 27.1. The number of urea groups is 1. The van der Waals surface area contributed by atoms with Crippen LogP contribution in [0.2, 0.25) is 0 Å². The van der Waals surface area contributed by atoms with E-state index in [0.29, 0.717) is 36.5 Å². The van der Waals surface area contributed by atoms with Gasteiger partial charge in [-0.15, -0.1) is 4.91 Å². The largest absolute Gasteiger partial charge is 0.354 e. The van der Waals surface area contributed by atoms with Gasteiger partial charge in [-0.25, -0.2) is 22.9 Å². The van der Waals surface area contributed by atoms with Gasteiger partial charge in [-0.2, -0.15) is 5.01 Å². The van der Waals surface area contributed by atoms with Gasteiger partial charge in [-0.3, -0.25) is 9.78 Å². The summed E-state index contributed by atoms with van der Waals surface area (Å²) in [5.74, 6) is -0.351. The highest BCUT2D eigenvalue weighted by atomic mass is 32.2. The van der Waals surface area contributed by atoms with Crippen LogP contribution >= 0.6 is 0 Å². The number of carbonyl (C=O) groups is 2. The number of aryl methyl sites for hydroxylation is 1. The van der Waals surface area contributed by atoms with Crippen LogP contribution in [0.3, 0.4) is 0 Å². The zero-order valence-electron chi connectivity index (χ0n) is 18.2. The lowest BCUT2D eigenvalue weighted by Gasteiger charge is -2.27. The molecule has 3 rings (SSSR count). The standard InChI is InChI=1S/C21H26N6O5S/c1-15-13-24-19(14-23-15)20(28)22-12-11-16-7-9-18(10-8-16)33(31,32)25-21(29)27(26-30)17-5-3-2-4-6-17/h7-10,13-14,17H,2-6,11-12H2,1H3,(H,22,28)(H,25,29). The summed E-state index contributed by atoms with van der Waals surface area (Å²) in [7, 11) is -4.17. The summed E-state index contributed by atoms with van der Waals surface area (Å²) in [6.45, 7) is 2.09. The lowest BCUT2D eigenvalue weighted by Crippen LogP contribution is -2.45. The van der Waals surface area contributed by atoms with Crippen LogP contribution in [0.4, 0.5) is 4.79 Å². The molecular weight excluding hydrogens is 448 g/mol. The van der Waals surface area contributed by atoms with Gasteiger partial charge < -0.3 is 5.32 Å². The topological polar surface area (TPSA) is 151 Å². The van der Waals surface area contributed by atoms with Crippen molar-refractivity contribution < 1.29 is 18.0 Å². The third kappa shape index (κ3) is 6.54. The molecule has 0 atom stereocenters. The molecule has 0 unspecified atom stereocenters. The molecular formula is C21H26N6O5S. The Morgan fingerprint density at radius 2 is 1.79 bits per heavy atom. The fourth-order valence-electron chi connectivity index (χ4n) is 3.57. The van der Waals surface area contributed by atoms with Crippen LogP contribution < -0.4 is 10.0 Å². The van der Waals surface area contributed by atoms with Crippen LogP contribution in [0, 0.1) is 11.8 Å². The molecule has 1 aromatic heterocycles. The maximum Gasteiger partial charge on any atom is 0.354 e. The van der Waals surface area contributed by atoms with Crippen LogP contribution in [0.1, 0.15) is 53.8 Å². The summed E-state index contributed by atoms with van der Waals surface area (Å²) in [4.78, 5) is 43.5. The second-order valence-corrected chi connectivity index (χ2v) is 9.50. The normalized spacial score (nSPS) is 14.3. The third-order valence-electron chi connectivity index (χ3n) is 5.38. The maximum absolute atomic E-state index is 12.6. The molecule has 12 heteroatoms. The Labute approximate surface area is 192 Å². The van der Waals surface area contributed by atoms with E-state index >= 15 is 0 Å². The predicted molar refractivity (Wildman–Crippen MR) is 119 cm³/mol. The Kier molecular flexibility index (Phi) is 8.04. The van der Waals surface area contributed by atoms with Crippen molar-refractivity contribution in [1.82, 2.24) is 25.0 Å². The first-order chi connectivity index (χ1) is 15.8. The van der Waals surface area contributed by atoms with Crippen molar-refractivity contribution in [3.63, 3.8) is 0 Å². The van der Waals surface area contributed by atoms with Crippen molar-refractivity contribution in [2.45, 2.75) is 56.4 Å². The number of carbonyl (C=O) groups excluding carboxylic acids is 2. The lowest BCUT2D eigenvalue weighted by atomic mass is 9.95. The van der Waals surface area contributed by atoms with E-state index in [0.717, 1.165) is 24.8 Å². The number of benzene rings is 1. The Bertz CT molecular complexity index is 1080. The van der Waals surface area contributed by atoms with Crippen molar-refractivity contribution in [3.05, 3.63) is 58.5 Å². The van der Waals surface area contributed by atoms with Crippen molar-refractivity contribution in [2.24, 2.45) is 5.29 Å². The van der Waals surface area contributed by atoms with Gasteiger partial charge in [0.25, 0.3) is 15.9 Å². The van der Waals surface area contributed by atoms with Gasteiger partial charge in [0.05, 0.1) is 28.1 Å². The summed E-state index contributed by atoms with van der Waals surface area (Å²) in [6, 6.07) is 4.45. The number of amides is 3. The molecule has 1 heterocycles. The van der Waals surface area contributed by atoms with E-state index < -0.39 is 22.1 Å². The molecule has 33 heavy (non-hydrogen) atoms. The summed E-state index contributed by atoms with van der Waals surface area (Å²) in [5.41, 5.74) is 1.71. The lowest BCUT2D eigenvalue weighted by molar-refractivity contribution is 0.0948. The van der Waals surface area contributed by atoms with Gasteiger partial charge in [-0.1, -0.05) is 31.4 Å². The van der Waals surface area contributed by atoms with Crippen molar-refractivity contribution in [1.29, 1.82) is 0 Å². The smallest absolute Gasteiger partial charge is 0.350 e. The van der Waals surface area contributed by atoms with Crippen LogP contribution in [-0.2, 0) is 16.4 Å². The van der Waals surface area contributed by atoms with E-state index in [4.69, 9.17) is 0 Å². The first kappa shape index (κ1) is 24.2. The Morgan fingerprint density at radius 3 is 2.39 bits per heavy atom. The van der Waals surface area contributed by atoms with Crippen LogP contribution in [0.5, 0.6) is 0 Å². The molecule has 11 nitrogen and oxygen atoms in total. The zero-order chi connectivity index (χ0) is 23.8. The predicted octanol–water partition coefficient (Wildman–Crippen LogP) is 2.47. The van der Waals surface area contributed by atoms with E-state index in [9.17, 15) is 22.9 Å². The number of hydrogen-bond donors (Lipinski definition) is 2. The molecule has 2 N–H and O–H groups in total. The number of nitrogens with one attached hydrogen (secondary N) is 2. The maximum atomic E-state index is 12.6. The van der Waals surface area contributed by atoms with E-state index in [-0.39, 0.29) is 16.5 Å². The molecule has 1 aromatic carbocycles. The van der Waals surface area contributed by atoms with Crippen LogP contribution in [-0.4, -0.2) is 47.9 Å². The average molecular weight is 475 g/mol. The van der Waals surface area contributed by atoms with Crippen LogP contribution in [0.25, 0.3) is 0 Å². The Hall–Kier alpha value is -3.41. The molecule has 0 bridgehead atoms. The summed E-state index contributed by atoms with van der Waals surface area (Å²) in [5, 5.41) is 6.15. The number of nitroso groups, excluding NO2 is 1. The third-order valence-corrected chi connectivity index (χ3v) is 6.72. The quantitative estimate of drug-likeness (QED) is 0.440. The molecule has 176 valence electrons. The van der Waals surface area contributed by atoms with Gasteiger partial charge in [0, 0.05) is 12.7 Å². The molecule has 1 saturated carbocycles. The monoisotopic (exact) mass is 474 g/mol. The minimum Gasteiger partial charge on any atom is -0.350 e. The molecule has 0 aliphatic heterocycles. The Balaban J connectivity index is 1.54. The fourth-order valence-corrected chi connectivity index (χ4v) is 4.51. The first-order valence-corrected chi connectivity index (χ1v) is 12.1. The van der Waals surface area contributed by atoms with Gasteiger partial charge in [0.15, 0.2) is 0 Å². The number of sulfonamides is 1. The minimum absolute atomic E-state index is 0.118. The number of nitrogens with zero attached hydrogens (tertiary/aromatic N) is 4. The molecule has 0 spiro atoms. The highest BCUT2D eigenvalue weighted by Gasteiger charge is 2.29. The summed E-state index contributed by atoms with van der Waals surface area (Å²) in [6.07, 6.45) is 7.32. The van der Waals surface area contributed by atoms with Gasteiger partial charge in [0.1, 0.15) is 5.69 Å². The van der Waals surface area contributed by atoms with Gasteiger partial charge in [0.2, 0.25) is 0 Å². The molecule has 0 saturated heterocycles. The van der Waals surface area contributed by atoms with E-state index in [1.165, 1.54) is 24.5 Å². The second kappa shape index (κ2) is 10.9. The first-order valence-electron chi connectivity index (χ1n) is 10.7.